The van der Waals surface area contributed by atoms with Crippen LogP contribution in [0.1, 0.15) is 59.1 Å². The van der Waals surface area contributed by atoms with Crippen molar-refractivity contribution in [1.82, 2.24) is 24.3 Å². The van der Waals surface area contributed by atoms with Crippen LogP contribution in [0.3, 0.4) is 0 Å². The molecule has 5 rings (SSSR count). The van der Waals surface area contributed by atoms with Crippen LogP contribution in [0.4, 0.5) is 13.2 Å². The molecule has 0 aromatic carbocycles. The number of hydrogen-bond donors (Lipinski definition) is 1. The average Bonchev–Trinajstić information content (AvgIpc) is 3.29. The fourth-order valence-corrected chi connectivity index (χ4v) is 5.50. The van der Waals surface area contributed by atoms with Crippen LogP contribution in [0.25, 0.3) is 11.0 Å². The van der Waals surface area contributed by atoms with Crippen molar-refractivity contribution in [3.63, 3.8) is 0 Å². The van der Waals surface area contributed by atoms with E-state index >= 15 is 0 Å². The summed E-state index contributed by atoms with van der Waals surface area (Å²) in [7, 11) is 2.15. The van der Waals surface area contributed by atoms with Crippen LogP contribution in [-0.4, -0.2) is 69.6 Å². The molecule has 3 aromatic rings. The Balaban J connectivity index is 1.26. The van der Waals surface area contributed by atoms with Gasteiger partial charge in [0, 0.05) is 54.1 Å². The maximum atomic E-state index is 12.9. The van der Waals surface area contributed by atoms with Gasteiger partial charge in [0.25, 0.3) is 11.5 Å². The third-order valence-electron chi connectivity index (χ3n) is 7.56. The molecule has 0 aliphatic carbocycles. The Kier molecular flexibility index (Phi) is 6.63. The van der Waals surface area contributed by atoms with Crippen LogP contribution in [0, 0.1) is 0 Å². The van der Waals surface area contributed by atoms with E-state index in [0.717, 1.165) is 62.1 Å². The number of hydrogen-bond acceptors (Lipinski definition) is 4. The summed E-state index contributed by atoms with van der Waals surface area (Å²) < 4.78 is 38.4. The smallest absolute Gasteiger partial charge is 0.343 e. The minimum absolute atomic E-state index is 0.122. The van der Waals surface area contributed by atoms with Crippen molar-refractivity contribution in [3.8, 4) is 0 Å². The number of pyridine rings is 2. The van der Waals surface area contributed by atoms with E-state index in [1.165, 1.54) is 17.3 Å². The van der Waals surface area contributed by atoms with Crippen LogP contribution in [0.2, 0.25) is 0 Å². The Morgan fingerprint density at radius 1 is 1.06 bits per heavy atom. The number of aromatic nitrogens is 3. The van der Waals surface area contributed by atoms with Crippen molar-refractivity contribution in [2.75, 3.05) is 33.2 Å². The van der Waals surface area contributed by atoms with E-state index in [1.54, 1.807) is 4.90 Å². The first-order chi connectivity index (χ1) is 17.2. The Morgan fingerprint density at radius 3 is 2.42 bits per heavy atom. The molecular weight excluding hydrogens is 471 g/mol. The second kappa shape index (κ2) is 9.72. The predicted octanol–water partition coefficient (Wildman–Crippen LogP) is 4.12. The van der Waals surface area contributed by atoms with Crippen molar-refractivity contribution >= 4 is 16.9 Å². The first-order valence-corrected chi connectivity index (χ1v) is 12.4. The number of carbonyl (C=O) groups is 1. The zero-order chi connectivity index (χ0) is 25.4. The lowest BCUT2D eigenvalue weighted by molar-refractivity contribution is -0.141. The second-order valence-corrected chi connectivity index (χ2v) is 10.0. The molecule has 0 radical (unpaired) electrons. The molecule has 10 heteroatoms. The molecule has 1 N–H and O–H groups in total. The number of piperidine rings is 2. The molecule has 0 saturated carbocycles. The van der Waals surface area contributed by atoms with Gasteiger partial charge in [-0.1, -0.05) is 0 Å². The van der Waals surface area contributed by atoms with Gasteiger partial charge in [0.1, 0.15) is 12.2 Å². The highest BCUT2D eigenvalue weighted by Gasteiger charge is 2.30. The van der Waals surface area contributed by atoms with E-state index < -0.39 is 18.3 Å². The molecular formula is C26H30F3N5O2. The predicted molar refractivity (Wildman–Crippen MR) is 130 cm³/mol. The zero-order valence-corrected chi connectivity index (χ0v) is 20.2. The van der Waals surface area contributed by atoms with Gasteiger partial charge in [-0.25, -0.2) is 4.98 Å². The molecule has 36 heavy (non-hydrogen) atoms. The van der Waals surface area contributed by atoms with Crippen molar-refractivity contribution < 1.29 is 18.0 Å². The number of fused-ring (bicyclic) bond motifs is 1. The van der Waals surface area contributed by atoms with Crippen molar-refractivity contribution in [2.45, 2.75) is 50.2 Å². The average molecular weight is 502 g/mol. The second-order valence-electron chi connectivity index (χ2n) is 10.0. The summed E-state index contributed by atoms with van der Waals surface area (Å²) in [6.45, 7) is 1.84. The highest BCUT2D eigenvalue weighted by atomic mass is 19.4. The van der Waals surface area contributed by atoms with E-state index in [4.69, 9.17) is 0 Å². The van der Waals surface area contributed by atoms with Gasteiger partial charge < -0.3 is 19.4 Å². The number of rotatable bonds is 4. The third-order valence-corrected chi connectivity index (χ3v) is 7.56. The maximum absolute atomic E-state index is 12.9. The molecule has 0 atom stereocenters. The molecule has 2 aliphatic heterocycles. The van der Waals surface area contributed by atoms with Crippen molar-refractivity contribution in [3.05, 3.63) is 63.8 Å². The van der Waals surface area contributed by atoms with E-state index in [2.05, 4.69) is 34.0 Å². The maximum Gasteiger partial charge on any atom is 0.406 e. The highest BCUT2D eigenvalue weighted by molar-refractivity contribution is 5.94. The van der Waals surface area contributed by atoms with Crippen LogP contribution < -0.4 is 5.56 Å². The lowest BCUT2D eigenvalue weighted by Crippen LogP contribution is -2.38. The quantitative estimate of drug-likeness (QED) is 0.584. The molecule has 0 spiro atoms. The van der Waals surface area contributed by atoms with Crippen LogP contribution in [0.15, 0.2) is 41.5 Å². The van der Waals surface area contributed by atoms with E-state index in [1.807, 2.05) is 6.20 Å². The Hall–Kier alpha value is -3.14. The van der Waals surface area contributed by atoms with Gasteiger partial charge in [0.15, 0.2) is 0 Å². The molecule has 192 valence electrons. The number of H-pyrrole nitrogens is 1. The molecule has 5 heterocycles. The minimum Gasteiger partial charge on any atom is -0.343 e. The summed E-state index contributed by atoms with van der Waals surface area (Å²) in [6, 6.07) is 6.60. The number of carbonyl (C=O) groups excluding carboxylic acids is 1. The molecule has 2 saturated heterocycles. The molecule has 0 bridgehead atoms. The van der Waals surface area contributed by atoms with Gasteiger partial charge in [-0.2, -0.15) is 13.2 Å². The molecule has 3 aromatic heterocycles. The fraction of sp³-hybridized carbons (Fsp3) is 0.500. The normalized spacial score (nSPS) is 18.7. The lowest BCUT2D eigenvalue weighted by atomic mass is 9.87. The minimum atomic E-state index is -4.50. The van der Waals surface area contributed by atoms with Gasteiger partial charge in [0.05, 0.1) is 0 Å². The number of nitrogens with zero attached hydrogens (tertiary/aromatic N) is 4. The van der Waals surface area contributed by atoms with Crippen molar-refractivity contribution in [2.24, 2.45) is 0 Å². The first kappa shape index (κ1) is 24.5. The molecule has 2 fully saturated rings. The number of amides is 1. The van der Waals surface area contributed by atoms with Gasteiger partial charge in [-0.15, -0.1) is 0 Å². The van der Waals surface area contributed by atoms with Crippen LogP contribution in [-0.2, 0) is 6.54 Å². The molecule has 0 unspecified atom stereocenters. The number of nitrogens with one attached hydrogen (secondary N) is 1. The summed E-state index contributed by atoms with van der Waals surface area (Å²) in [6.07, 6.45) is 2.16. The summed E-state index contributed by atoms with van der Waals surface area (Å²) >= 11 is 0. The summed E-state index contributed by atoms with van der Waals surface area (Å²) in [4.78, 5) is 37.1. The van der Waals surface area contributed by atoms with Gasteiger partial charge in [-0.3, -0.25) is 9.59 Å². The Morgan fingerprint density at radius 2 is 1.75 bits per heavy atom. The molecule has 2 aliphatic rings. The number of aromatic amines is 1. The molecule has 1 amide bonds. The summed E-state index contributed by atoms with van der Waals surface area (Å²) in [5.74, 6) is 0.463. The monoisotopic (exact) mass is 501 g/mol. The van der Waals surface area contributed by atoms with E-state index in [-0.39, 0.29) is 17.4 Å². The largest absolute Gasteiger partial charge is 0.406 e. The summed E-state index contributed by atoms with van der Waals surface area (Å²) in [5, 5.41) is 1.14. The highest BCUT2D eigenvalue weighted by Crippen LogP contribution is 2.35. The summed E-state index contributed by atoms with van der Waals surface area (Å²) in [5.41, 5.74) is 2.67. The van der Waals surface area contributed by atoms with Crippen LogP contribution in [0.5, 0.6) is 0 Å². The fourth-order valence-electron chi connectivity index (χ4n) is 5.50. The molecule has 7 nitrogen and oxygen atoms in total. The number of halogens is 3. The third kappa shape index (κ3) is 5.18. The van der Waals surface area contributed by atoms with Gasteiger partial charge >= 0.3 is 6.18 Å². The number of alkyl halides is 3. The van der Waals surface area contributed by atoms with E-state index in [9.17, 15) is 22.8 Å². The van der Waals surface area contributed by atoms with E-state index in [0.29, 0.717) is 23.6 Å². The lowest BCUT2D eigenvalue weighted by Gasteiger charge is -2.32. The topological polar surface area (TPSA) is 74.2 Å². The zero-order valence-electron chi connectivity index (χ0n) is 20.2. The van der Waals surface area contributed by atoms with Gasteiger partial charge in [0.2, 0.25) is 0 Å². The Bertz CT molecular complexity index is 1300. The standard InChI is InChI=1S/C26H30F3N5O2/c1-32-9-3-18(4-10-32)22-15-21-20(2-8-30-24(21)31-22)17-5-11-33(12-6-17)25(36)19-7-13-34(23(35)14-19)16-26(27,28)29/h2,7-8,13-15,17-18H,3-6,9-12,16H2,1H3,(H,30,31). The Labute approximate surface area is 206 Å². The first-order valence-electron chi connectivity index (χ1n) is 12.4. The number of likely N-dealkylation sites (tertiary alicyclic amines) is 2. The van der Waals surface area contributed by atoms with Crippen molar-refractivity contribution in [1.29, 1.82) is 0 Å². The SMILES string of the molecule is CN1CCC(c2cc3c(C4CCN(C(=O)c5ccn(CC(F)(F)F)c(=O)c5)CC4)ccnc3[nH]2)CC1. The van der Waals surface area contributed by atoms with Crippen LogP contribution >= 0.6 is 0 Å². The van der Waals surface area contributed by atoms with Gasteiger partial charge in [-0.05, 0) is 75.5 Å².